The SMILES string of the molecule is CCCNC(C)CCc1nc(-c2ccn(C)n2)no1. The maximum Gasteiger partial charge on any atom is 0.227 e. The van der Waals surface area contributed by atoms with Crippen LogP contribution in [0.1, 0.15) is 32.6 Å². The molecule has 2 rings (SSSR count). The molecule has 6 nitrogen and oxygen atoms in total. The molecule has 2 aromatic rings. The first-order chi connectivity index (χ1) is 9.19. The highest BCUT2D eigenvalue weighted by atomic mass is 16.5. The Balaban J connectivity index is 1.87. The summed E-state index contributed by atoms with van der Waals surface area (Å²) >= 11 is 0. The lowest BCUT2D eigenvalue weighted by Gasteiger charge is -2.10. The Morgan fingerprint density at radius 2 is 2.32 bits per heavy atom. The van der Waals surface area contributed by atoms with E-state index in [1.807, 2.05) is 19.3 Å². The molecule has 0 aliphatic carbocycles. The molecule has 2 heterocycles. The molecular weight excluding hydrogens is 242 g/mol. The highest BCUT2D eigenvalue weighted by molar-refractivity contribution is 5.46. The van der Waals surface area contributed by atoms with Crippen molar-refractivity contribution in [1.82, 2.24) is 25.2 Å². The van der Waals surface area contributed by atoms with Gasteiger partial charge < -0.3 is 9.84 Å². The number of rotatable bonds is 7. The van der Waals surface area contributed by atoms with Crippen LogP contribution < -0.4 is 5.32 Å². The van der Waals surface area contributed by atoms with Crippen molar-refractivity contribution in [2.75, 3.05) is 6.54 Å². The van der Waals surface area contributed by atoms with Gasteiger partial charge in [-0.15, -0.1) is 0 Å². The molecule has 19 heavy (non-hydrogen) atoms. The van der Waals surface area contributed by atoms with Crippen LogP contribution in [0.15, 0.2) is 16.8 Å². The smallest absolute Gasteiger partial charge is 0.227 e. The van der Waals surface area contributed by atoms with Crippen LogP contribution in [-0.2, 0) is 13.5 Å². The number of hydrogen-bond acceptors (Lipinski definition) is 5. The largest absolute Gasteiger partial charge is 0.339 e. The fourth-order valence-corrected chi connectivity index (χ4v) is 1.83. The van der Waals surface area contributed by atoms with Crippen LogP contribution in [0.25, 0.3) is 11.5 Å². The summed E-state index contributed by atoms with van der Waals surface area (Å²) in [5, 5.41) is 11.6. The summed E-state index contributed by atoms with van der Waals surface area (Å²) in [4.78, 5) is 4.36. The molecule has 0 spiro atoms. The molecule has 0 aliphatic heterocycles. The van der Waals surface area contributed by atoms with Crippen LogP contribution in [0.3, 0.4) is 0 Å². The third-order valence-corrected chi connectivity index (χ3v) is 2.94. The number of aromatic nitrogens is 4. The zero-order valence-corrected chi connectivity index (χ0v) is 11.8. The highest BCUT2D eigenvalue weighted by Crippen LogP contribution is 2.13. The van der Waals surface area contributed by atoms with Crippen LogP contribution >= 0.6 is 0 Å². The van der Waals surface area contributed by atoms with E-state index in [2.05, 4.69) is 34.4 Å². The van der Waals surface area contributed by atoms with Gasteiger partial charge in [0.1, 0.15) is 5.69 Å². The van der Waals surface area contributed by atoms with Gasteiger partial charge in [0.2, 0.25) is 11.7 Å². The highest BCUT2D eigenvalue weighted by Gasteiger charge is 2.11. The molecule has 0 bridgehead atoms. The summed E-state index contributed by atoms with van der Waals surface area (Å²) in [6.45, 7) is 5.38. The zero-order valence-electron chi connectivity index (χ0n) is 11.8. The fourth-order valence-electron chi connectivity index (χ4n) is 1.83. The average molecular weight is 263 g/mol. The monoisotopic (exact) mass is 263 g/mol. The maximum absolute atomic E-state index is 5.25. The van der Waals surface area contributed by atoms with Crippen molar-refractivity contribution in [2.45, 2.75) is 39.2 Å². The molecule has 0 fully saturated rings. The van der Waals surface area contributed by atoms with E-state index in [0.29, 0.717) is 17.8 Å². The Bertz CT molecular complexity index is 505. The topological polar surface area (TPSA) is 68.8 Å². The third-order valence-electron chi connectivity index (χ3n) is 2.94. The minimum atomic E-state index is 0.463. The van der Waals surface area contributed by atoms with E-state index in [9.17, 15) is 0 Å². The van der Waals surface area contributed by atoms with Crippen molar-refractivity contribution < 1.29 is 4.52 Å². The van der Waals surface area contributed by atoms with Crippen LogP contribution in [0.2, 0.25) is 0 Å². The van der Waals surface area contributed by atoms with E-state index in [-0.39, 0.29) is 0 Å². The summed E-state index contributed by atoms with van der Waals surface area (Å²) in [6, 6.07) is 2.34. The molecule has 2 aromatic heterocycles. The molecular formula is C13H21N5O. The minimum absolute atomic E-state index is 0.463. The van der Waals surface area contributed by atoms with Crippen molar-refractivity contribution >= 4 is 0 Å². The average Bonchev–Trinajstić information content (AvgIpc) is 3.02. The number of aryl methyl sites for hydroxylation is 2. The lowest BCUT2D eigenvalue weighted by atomic mass is 10.2. The second kappa shape index (κ2) is 6.47. The summed E-state index contributed by atoms with van der Waals surface area (Å²) in [7, 11) is 1.87. The van der Waals surface area contributed by atoms with Crippen LogP contribution in [0, 0.1) is 0 Å². The first-order valence-corrected chi connectivity index (χ1v) is 6.75. The van der Waals surface area contributed by atoms with Crippen molar-refractivity contribution in [2.24, 2.45) is 7.05 Å². The van der Waals surface area contributed by atoms with E-state index in [1.165, 1.54) is 0 Å². The van der Waals surface area contributed by atoms with Crippen molar-refractivity contribution in [3.8, 4) is 11.5 Å². The summed E-state index contributed by atoms with van der Waals surface area (Å²) in [5.41, 5.74) is 0.745. The Kier molecular flexibility index (Phi) is 4.68. The molecule has 0 amide bonds. The molecule has 0 aromatic carbocycles. The first kappa shape index (κ1) is 13.7. The normalized spacial score (nSPS) is 12.8. The molecule has 1 atom stereocenters. The predicted molar refractivity (Wildman–Crippen MR) is 72.6 cm³/mol. The molecule has 0 saturated carbocycles. The molecule has 0 aliphatic rings. The van der Waals surface area contributed by atoms with Gasteiger partial charge in [-0.2, -0.15) is 10.1 Å². The third kappa shape index (κ3) is 3.89. The lowest BCUT2D eigenvalue weighted by molar-refractivity contribution is 0.367. The molecule has 1 N–H and O–H groups in total. The molecule has 0 radical (unpaired) electrons. The van der Waals surface area contributed by atoms with E-state index >= 15 is 0 Å². The van der Waals surface area contributed by atoms with E-state index in [1.54, 1.807) is 4.68 Å². The van der Waals surface area contributed by atoms with Gasteiger partial charge >= 0.3 is 0 Å². The Hall–Kier alpha value is -1.69. The second-order valence-corrected chi connectivity index (χ2v) is 4.78. The summed E-state index contributed by atoms with van der Waals surface area (Å²) in [6.07, 6.45) is 4.79. The fraction of sp³-hybridized carbons (Fsp3) is 0.615. The van der Waals surface area contributed by atoms with Gasteiger partial charge in [0.25, 0.3) is 0 Å². The van der Waals surface area contributed by atoms with Gasteiger partial charge in [-0.3, -0.25) is 4.68 Å². The van der Waals surface area contributed by atoms with Crippen LogP contribution in [-0.4, -0.2) is 32.5 Å². The van der Waals surface area contributed by atoms with Crippen molar-refractivity contribution in [1.29, 1.82) is 0 Å². The number of nitrogens with one attached hydrogen (secondary N) is 1. The Labute approximate surface area is 113 Å². The van der Waals surface area contributed by atoms with E-state index < -0.39 is 0 Å². The molecule has 0 saturated heterocycles. The van der Waals surface area contributed by atoms with Gasteiger partial charge in [-0.05, 0) is 32.4 Å². The number of nitrogens with zero attached hydrogens (tertiary/aromatic N) is 4. The lowest BCUT2D eigenvalue weighted by Crippen LogP contribution is -2.27. The van der Waals surface area contributed by atoms with Crippen molar-refractivity contribution in [3.05, 3.63) is 18.2 Å². The van der Waals surface area contributed by atoms with E-state index in [4.69, 9.17) is 4.52 Å². The van der Waals surface area contributed by atoms with Gasteiger partial charge in [-0.25, -0.2) is 0 Å². The van der Waals surface area contributed by atoms with Crippen LogP contribution in [0.4, 0.5) is 0 Å². The molecule has 1 unspecified atom stereocenters. The Morgan fingerprint density at radius 1 is 1.47 bits per heavy atom. The van der Waals surface area contributed by atoms with Crippen LogP contribution in [0.5, 0.6) is 0 Å². The first-order valence-electron chi connectivity index (χ1n) is 6.75. The summed E-state index contributed by atoms with van der Waals surface area (Å²) < 4.78 is 6.97. The quantitative estimate of drug-likeness (QED) is 0.824. The maximum atomic E-state index is 5.25. The standard InChI is InChI=1S/C13H21N5O/c1-4-8-14-10(2)5-6-12-15-13(17-19-12)11-7-9-18(3)16-11/h7,9-10,14H,4-6,8H2,1-3H3. The number of hydrogen-bond donors (Lipinski definition) is 1. The van der Waals surface area contributed by atoms with E-state index in [0.717, 1.165) is 31.5 Å². The predicted octanol–water partition coefficient (Wildman–Crippen LogP) is 1.79. The van der Waals surface area contributed by atoms with Gasteiger partial charge in [0.15, 0.2) is 0 Å². The van der Waals surface area contributed by atoms with Crippen molar-refractivity contribution in [3.63, 3.8) is 0 Å². The van der Waals surface area contributed by atoms with Gasteiger partial charge in [0.05, 0.1) is 0 Å². The molecule has 6 heteroatoms. The van der Waals surface area contributed by atoms with Gasteiger partial charge in [-0.1, -0.05) is 12.1 Å². The second-order valence-electron chi connectivity index (χ2n) is 4.78. The summed E-state index contributed by atoms with van der Waals surface area (Å²) in [5.74, 6) is 1.23. The van der Waals surface area contributed by atoms with Gasteiger partial charge in [0, 0.05) is 25.7 Å². The Morgan fingerprint density at radius 3 is 3.00 bits per heavy atom. The minimum Gasteiger partial charge on any atom is -0.339 e. The molecule has 104 valence electrons. The zero-order chi connectivity index (χ0) is 13.7.